The standard InChI is InChI=1S/C13H14N4O3S/c1-21(19,20)17-11-7-3-2-6-10(11)16-13(18)12-9(14)5-4-8-15-12/h2-8,17H,14H2,1H3,(H,16,18). The van der Waals surface area contributed by atoms with E-state index < -0.39 is 15.9 Å². The van der Waals surface area contributed by atoms with Gasteiger partial charge in [-0.3, -0.25) is 9.52 Å². The number of pyridine rings is 1. The highest BCUT2D eigenvalue weighted by molar-refractivity contribution is 7.92. The Bertz CT molecular complexity index is 774. The lowest BCUT2D eigenvalue weighted by Gasteiger charge is -2.12. The van der Waals surface area contributed by atoms with Crippen LogP contribution in [0.25, 0.3) is 0 Å². The second-order valence-electron chi connectivity index (χ2n) is 4.32. The normalized spacial score (nSPS) is 10.9. The molecule has 0 unspecified atom stereocenters. The lowest BCUT2D eigenvalue weighted by molar-refractivity contribution is 0.102. The van der Waals surface area contributed by atoms with E-state index in [9.17, 15) is 13.2 Å². The molecule has 0 spiro atoms. The quantitative estimate of drug-likeness (QED) is 0.787. The number of rotatable bonds is 4. The highest BCUT2D eigenvalue weighted by Crippen LogP contribution is 2.23. The van der Waals surface area contributed by atoms with Crippen LogP contribution in [0.5, 0.6) is 0 Å². The fourth-order valence-electron chi connectivity index (χ4n) is 1.67. The number of amides is 1. The van der Waals surface area contributed by atoms with Crippen molar-refractivity contribution in [1.29, 1.82) is 0 Å². The topological polar surface area (TPSA) is 114 Å². The van der Waals surface area contributed by atoms with Crippen LogP contribution < -0.4 is 15.8 Å². The molecular formula is C13H14N4O3S. The Labute approximate surface area is 122 Å². The zero-order chi connectivity index (χ0) is 15.5. The molecule has 8 heteroatoms. The van der Waals surface area contributed by atoms with Crippen LogP contribution >= 0.6 is 0 Å². The van der Waals surface area contributed by atoms with Gasteiger partial charge in [0.1, 0.15) is 0 Å². The monoisotopic (exact) mass is 306 g/mol. The summed E-state index contributed by atoms with van der Waals surface area (Å²) in [5, 5.41) is 2.58. The van der Waals surface area contributed by atoms with E-state index in [1.165, 1.54) is 6.20 Å². The maximum atomic E-state index is 12.1. The van der Waals surface area contributed by atoms with Gasteiger partial charge in [-0.05, 0) is 24.3 Å². The van der Waals surface area contributed by atoms with Gasteiger partial charge in [-0.2, -0.15) is 0 Å². The Morgan fingerprint density at radius 3 is 2.43 bits per heavy atom. The van der Waals surface area contributed by atoms with Gasteiger partial charge in [-0.15, -0.1) is 0 Å². The zero-order valence-corrected chi connectivity index (χ0v) is 12.0. The number of anilines is 3. The van der Waals surface area contributed by atoms with Crippen molar-refractivity contribution >= 4 is 33.0 Å². The number of para-hydroxylation sites is 2. The molecule has 0 atom stereocenters. The minimum absolute atomic E-state index is 0.0756. The molecule has 0 fully saturated rings. The Hall–Kier alpha value is -2.61. The predicted octanol–water partition coefficient (Wildman–Crippen LogP) is 1.29. The van der Waals surface area contributed by atoms with Gasteiger partial charge in [-0.1, -0.05) is 12.1 Å². The first-order valence-corrected chi connectivity index (χ1v) is 7.84. The van der Waals surface area contributed by atoms with Crippen molar-refractivity contribution in [3.8, 4) is 0 Å². The average molecular weight is 306 g/mol. The number of nitrogens with zero attached hydrogens (tertiary/aromatic N) is 1. The number of carbonyl (C=O) groups excluding carboxylic acids is 1. The Morgan fingerprint density at radius 2 is 1.81 bits per heavy atom. The fraction of sp³-hybridized carbons (Fsp3) is 0.0769. The zero-order valence-electron chi connectivity index (χ0n) is 11.2. The summed E-state index contributed by atoms with van der Waals surface area (Å²) in [7, 11) is -3.45. The van der Waals surface area contributed by atoms with E-state index >= 15 is 0 Å². The highest BCUT2D eigenvalue weighted by Gasteiger charge is 2.14. The maximum Gasteiger partial charge on any atom is 0.276 e. The average Bonchev–Trinajstić information content (AvgIpc) is 2.40. The van der Waals surface area contributed by atoms with E-state index in [-0.39, 0.29) is 17.1 Å². The van der Waals surface area contributed by atoms with Crippen LogP contribution in [-0.2, 0) is 10.0 Å². The first-order chi connectivity index (χ1) is 9.87. The van der Waals surface area contributed by atoms with Crippen LogP contribution in [0.3, 0.4) is 0 Å². The van der Waals surface area contributed by atoms with Crippen molar-refractivity contribution in [3.63, 3.8) is 0 Å². The molecule has 2 aromatic rings. The number of aromatic nitrogens is 1. The third-order valence-electron chi connectivity index (χ3n) is 2.52. The lowest BCUT2D eigenvalue weighted by Crippen LogP contribution is -2.18. The van der Waals surface area contributed by atoms with Crippen molar-refractivity contribution in [3.05, 3.63) is 48.3 Å². The minimum atomic E-state index is -3.45. The number of nitrogen functional groups attached to an aromatic ring is 1. The number of nitrogens with two attached hydrogens (primary N) is 1. The van der Waals surface area contributed by atoms with Gasteiger partial charge in [0.05, 0.1) is 23.3 Å². The smallest absolute Gasteiger partial charge is 0.276 e. The molecule has 0 radical (unpaired) electrons. The number of carbonyl (C=O) groups is 1. The number of sulfonamides is 1. The van der Waals surface area contributed by atoms with Crippen molar-refractivity contribution in [2.24, 2.45) is 0 Å². The first-order valence-electron chi connectivity index (χ1n) is 5.95. The molecule has 0 saturated carbocycles. The second kappa shape index (κ2) is 5.80. The first kappa shape index (κ1) is 14.8. The van der Waals surface area contributed by atoms with E-state index in [4.69, 9.17) is 5.73 Å². The van der Waals surface area contributed by atoms with E-state index in [2.05, 4.69) is 15.0 Å². The van der Waals surface area contributed by atoms with E-state index in [0.717, 1.165) is 6.26 Å². The molecule has 7 nitrogen and oxygen atoms in total. The van der Waals surface area contributed by atoms with Gasteiger partial charge in [0, 0.05) is 6.20 Å². The van der Waals surface area contributed by atoms with Crippen LogP contribution in [0, 0.1) is 0 Å². The van der Waals surface area contributed by atoms with Gasteiger partial charge in [-0.25, -0.2) is 13.4 Å². The summed E-state index contributed by atoms with van der Waals surface area (Å²) in [6.45, 7) is 0. The molecule has 0 bridgehead atoms. The van der Waals surface area contributed by atoms with Crippen molar-refractivity contribution in [2.75, 3.05) is 22.0 Å². The van der Waals surface area contributed by atoms with Gasteiger partial charge >= 0.3 is 0 Å². The number of hydrogen-bond acceptors (Lipinski definition) is 5. The maximum absolute atomic E-state index is 12.1. The molecular weight excluding hydrogens is 292 g/mol. The van der Waals surface area contributed by atoms with Gasteiger partial charge in [0.15, 0.2) is 5.69 Å². The summed E-state index contributed by atoms with van der Waals surface area (Å²) in [5.74, 6) is -0.518. The lowest BCUT2D eigenvalue weighted by atomic mass is 10.2. The third kappa shape index (κ3) is 3.93. The third-order valence-corrected chi connectivity index (χ3v) is 3.12. The summed E-state index contributed by atoms with van der Waals surface area (Å²) in [6.07, 6.45) is 2.48. The largest absolute Gasteiger partial charge is 0.397 e. The number of benzene rings is 1. The fourth-order valence-corrected chi connectivity index (χ4v) is 2.25. The van der Waals surface area contributed by atoms with Gasteiger partial charge in [0.25, 0.3) is 5.91 Å². The highest BCUT2D eigenvalue weighted by atomic mass is 32.2. The molecule has 1 aromatic carbocycles. The molecule has 2 rings (SSSR count). The molecule has 1 heterocycles. The molecule has 0 aliphatic carbocycles. The molecule has 0 aliphatic rings. The molecule has 0 saturated heterocycles. The van der Waals surface area contributed by atoms with E-state index in [1.54, 1.807) is 36.4 Å². The Morgan fingerprint density at radius 1 is 1.14 bits per heavy atom. The summed E-state index contributed by atoms with van der Waals surface area (Å²) in [6, 6.07) is 9.61. The number of hydrogen-bond donors (Lipinski definition) is 3. The molecule has 4 N–H and O–H groups in total. The molecule has 1 aromatic heterocycles. The van der Waals surface area contributed by atoms with Gasteiger partial charge in [0.2, 0.25) is 10.0 Å². The van der Waals surface area contributed by atoms with Crippen LogP contribution in [0.2, 0.25) is 0 Å². The summed E-state index contributed by atoms with van der Waals surface area (Å²) < 4.78 is 24.9. The van der Waals surface area contributed by atoms with Crippen molar-refractivity contribution in [2.45, 2.75) is 0 Å². The molecule has 110 valence electrons. The van der Waals surface area contributed by atoms with Crippen molar-refractivity contribution < 1.29 is 13.2 Å². The van der Waals surface area contributed by atoms with Crippen LogP contribution in [-0.4, -0.2) is 25.6 Å². The van der Waals surface area contributed by atoms with Crippen LogP contribution in [0.1, 0.15) is 10.5 Å². The molecule has 0 aliphatic heterocycles. The summed E-state index contributed by atoms with van der Waals surface area (Å²) >= 11 is 0. The van der Waals surface area contributed by atoms with Crippen LogP contribution in [0.4, 0.5) is 17.1 Å². The Balaban J connectivity index is 2.28. The van der Waals surface area contributed by atoms with Crippen molar-refractivity contribution in [1.82, 2.24) is 4.98 Å². The Kier molecular flexibility index (Phi) is 4.08. The molecule has 21 heavy (non-hydrogen) atoms. The van der Waals surface area contributed by atoms with E-state index in [1.807, 2.05) is 0 Å². The van der Waals surface area contributed by atoms with E-state index in [0.29, 0.717) is 5.69 Å². The van der Waals surface area contributed by atoms with Gasteiger partial charge < -0.3 is 11.1 Å². The minimum Gasteiger partial charge on any atom is -0.397 e. The summed E-state index contributed by atoms with van der Waals surface area (Å²) in [5.41, 5.74) is 6.58. The summed E-state index contributed by atoms with van der Waals surface area (Å²) in [4.78, 5) is 16.0. The number of nitrogens with one attached hydrogen (secondary N) is 2. The SMILES string of the molecule is CS(=O)(=O)Nc1ccccc1NC(=O)c1ncccc1N. The predicted molar refractivity (Wildman–Crippen MR) is 81.5 cm³/mol. The second-order valence-corrected chi connectivity index (χ2v) is 6.06. The molecule has 1 amide bonds. The van der Waals surface area contributed by atoms with Crippen LogP contribution in [0.15, 0.2) is 42.6 Å².